The standard InChI is InChI=1S/C30H45N3O4/c1-6-30(7-2,32-28(36)37-29(3,4)5)27(35)33-24-18-11-9-14-21(24)19-25(33)26(34)31-23-17-12-15-20-13-8-10-16-22(20)23/h8,10,13,16,21,23-25H,6-7,9,11-12,14-15,17-19H2,1-5H3,(H,31,34)(H,32,36). The molecule has 2 aliphatic carbocycles. The number of rotatable bonds is 6. The molecule has 3 amide bonds. The Bertz CT molecular complexity index is 997. The van der Waals surface area contributed by atoms with Gasteiger partial charge in [0.15, 0.2) is 0 Å². The Hall–Kier alpha value is -2.57. The lowest BCUT2D eigenvalue weighted by Crippen LogP contribution is -2.63. The number of ether oxygens (including phenoxy) is 1. The maximum absolute atomic E-state index is 14.4. The van der Waals surface area contributed by atoms with E-state index >= 15 is 0 Å². The fraction of sp³-hybridized carbons (Fsp3) is 0.700. The molecule has 4 unspecified atom stereocenters. The molecule has 0 aromatic heterocycles. The molecule has 7 heteroatoms. The molecule has 1 aromatic carbocycles. The fourth-order valence-corrected chi connectivity index (χ4v) is 6.69. The normalized spacial score (nSPS) is 25.6. The van der Waals surface area contributed by atoms with E-state index < -0.39 is 23.3 Å². The maximum atomic E-state index is 14.4. The molecule has 1 heterocycles. The van der Waals surface area contributed by atoms with Crippen LogP contribution in [0.3, 0.4) is 0 Å². The first kappa shape index (κ1) is 27.5. The third kappa shape index (κ3) is 5.80. The first-order chi connectivity index (χ1) is 17.6. The molecule has 2 fully saturated rings. The number of carbonyl (C=O) groups is 3. The molecule has 0 bridgehead atoms. The van der Waals surface area contributed by atoms with Crippen LogP contribution in [-0.2, 0) is 20.7 Å². The number of hydrogen-bond donors (Lipinski definition) is 2. The number of nitrogens with zero attached hydrogens (tertiary/aromatic N) is 1. The minimum Gasteiger partial charge on any atom is -0.444 e. The zero-order valence-electron chi connectivity index (χ0n) is 23.3. The smallest absolute Gasteiger partial charge is 0.408 e. The molecular formula is C30H45N3O4. The lowest BCUT2D eigenvalue weighted by molar-refractivity contribution is -0.147. The van der Waals surface area contributed by atoms with Crippen LogP contribution in [0.15, 0.2) is 24.3 Å². The van der Waals surface area contributed by atoms with Crippen LogP contribution in [0.5, 0.6) is 0 Å². The predicted octanol–water partition coefficient (Wildman–Crippen LogP) is 5.42. The summed E-state index contributed by atoms with van der Waals surface area (Å²) in [6.45, 7) is 9.27. The van der Waals surface area contributed by atoms with Gasteiger partial charge >= 0.3 is 6.09 Å². The molecular weight excluding hydrogens is 466 g/mol. The monoisotopic (exact) mass is 511 g/mol. The van der Waals surface area contributed by atoms with Gasteiger partial charge < -0.3 is 20.3 Å². The molecule has 4 atom stereocenters. The predicted molar refractivity (Wildman–Crippen MR) is 144 cm³/mol. The lowest BCUT2D eigenvalue weighted by atomic mass is 9.84. The van der Waals surface area contributed by atoms with Crippen LogP contribution in [0.1, 0.15) is 110 Å². The first-order valence-electron chi connectivity index (χ1n) is 14.3. The Morgan fingerprint density at radius 3 is 2.41 bits per heavy atom. The van der Waals surface area contributed by atoms with Gasteiger partial charge in [0.25, 0.3) is 0 Å². The summed E-state index contributed by atoms with van der Waals surface area (Å²) in [6, 6.07) is 7.83. The van der Waals surface area contributed by atoms with E-state index in [9.17, 15) is 14.4 Å². The average molecular weight is 512 g/mol. The quantitative estimate of drug-likeness (QED) is 0.534. The van der Waals surface area contributed by atoms with Crippen LogP contribution in [0.4, 0.5) is 4.79 Å². The van der Waals surface area contributed by atoms with Crippen molar-refractivity contribution in [1.29, 1.82) is 0 Å². The zero-order valence-corrected chi connectivity index (χ0v) is 23.3. The topological polar surface area (TPSA) is 87.7 Å². The van der Waals surface area contributed by atoms with Crippen molar-refractivity contribution in [3.63, 3.8) is 0 Å². The van der Waals surface area contributed by atoms with E-state index in [0.29, 0.717) is 25.2 Å². The van der Waals surface area contributed by atoms with Crippen molar-refractivity contribution >= 4 is 17.9 Å². The van der Waals surface area contributed by atoms with Crippen LogP contribution in [0, 0.1) is 5.92 Å². The second kappa shape index (κ2) is 11.0. The van der Waals surface area contributed by atoms with Gasteiger partial charge in [-0.1, -0.05) is 51.0 Å². The van der Waals surface area contributed by atoms with Gasteiger partial charge in [-0.05, 0) is 89.2 Å². The van der Waals surface area contributed by atoms with Crippen molar-refractivity contribution in [2.75, 3.05) is 0 Å². The zero-order chi connectivity index (χ0) is 26.8. The van der Waals surface area contributed by atoms with Crippen molar-refractivity contribution in [2.24, 2.45) is 5.92 Å². The summed E-state index contributed by atoms with van der Waals surface area (Å²) in [7, 11) is 0. The molecule has 0 spiro atoms. The van der Waals surface area contributed by atoms with Gasteiger partial charge in [-0.25, -0.2) is 4.79 Å². The van der Waals surface area contributed by atoms with E-state index in [1.54, 1.807) is 0 Å². The summed E-state index contributed by atoms with van der Waals surface area (Å²) in [5, 5.41) is 6.25. The molecule has 1 saturated carbocycles. The summed E-state index contributed by atoms with van der Waals surface area (Å²) in [6.07, 6.45) is 8.07. The number of likely N-dealkylation sites (tertiary alicyclic amines) is 1. The molecule has 1 aliphatic heterocycles. The highest BCUT2D eigenvalue weighted by Gasteiger charge is 2.52. The number of amides is 3. The van der Waals surface area contributed by atoms with E-state index in [1.165, 1.54) is 11.1 Å². The van der Waals surface area contributed by atoms with E-state index in [4.69, 9.17) is 4.74 Å². The third-order valence-corrected chi connectivity index (χ3v) is 8.67. The highest BCUT2D eigenvalue weighted by atomic mass is 16.6. The highest BCUT2D eigenvalue weighted by Crippen LogP contribution is 2.42. The van der Waals surface area contributed by atoms with E-state index in [-0.39, 0.29) is 23.9 Å². The van der Waals surface area contributed by atoms with E-state index in [0.717, 1.165) is 44.9 Å². The average Bonchev–Trinajstić information content (AvgIpc) is 3.26. The van der Waals surface area contributed by atoms with Gasteiger partial charge in [-0.15, -0.1) is 0 Å². The number of carbonyl (C=O) groups excluding carboxylic acids is 3. The van der Waals surface area contributed by atoms with Crippen LogP contribution < -0.4 is 10.6 Å². The molecule has 1 aromatic rings. The number of alkyl carbamates (subject to hydrolysis) is 1. The van der Waals surface area contributed by atoms with Gasteiger partial charge in [-0.2, -0.15) is 0 Å². The number of aryl methyl sites for hydroxylation is 1. The Kier molecular flexibility index (Phi) is 8.20. The molecule has 3 aliphatic rings. The van der Waals surface area contributed by atoms with E-state index in [2.05, 4.69) is 28.8 Å². The summed E-state index contributed by atoms with van der Waals surface area (Å²) in [5.74, 6) is 0.102. The summed E-state index contributed by atoms with van der Waals surface area (Å²) < 4.78 is 5.52. The SMILES string of the molecule is CCC(CC)(NC(=O)OC(C)(C)C)C(=O)N1C(C(=O)NC2CCCc3ccccc32)CC2CCCCC21. The van der Waals surface area contributed by atoms with Gasteiger partial charge in [-0.3, -0.25) is 9.59 Å². The maximum Gasteiger partial charge on any atom is 0.408 e. The molecule has 37 heavy (non-hydrogen) atoms. The van der Waals surface area contributed by atoms with Crippen molar-refractivity contribution < 1.29 is 19.1 Å². The van der Waals surface area contributed by atoms with Gasteiger partial charge in [0, 0.05) is 6.04 Å². The Morgan fingerprint density at radius 2 is 1.70 bits per heavy atom. The third-order valence-electron chi connectivity index (χ3n) is 8.67. The van der Waals surface area contributed by atoms with Gasteiger partial charge in [0.1, 0.15) is 17.2 Å². The first-order valence-corrected chi connectivity index (χ1v) is 14.3. The largest absolute Gasteiger partial charge is 0.444 e. The number of fused-ring (bicyclic) bond motifs is 2. The second-order valence-corrected chi connectivity index (χ2v) is 12.1. The summed E-state index contributed by atoms with van der Waals surface area (Å²) >= 11 is 0. The molecule has 7 nitrogen and oxygen atoms in total. The van der Waals surface area contributed by atoms with Crippen molar-refractivity contribution in [2.45, 2.75) is 128 Å². The molecule has 204 valence electrons. The van der Waals surface area contributed by atoms with Crippen molar-refractivity contribution in [3.8, 4) is 0 Å². The second-order valence-electron chi connectivity index (χ2n) is 12.1. The molecule has 1 saturated heterocycles. The minimum atomic E-state index is -1.11. The summed E-state index contributed by atoms with van der Waals surface area (Å²) in [4.78, 5) is 42.9. The molecule has 0 radical (unpaired) electrons. The Morgan fingerprint density at radius 1 is 1.00 bits per heavy atom. The van der Waals surface area contributed by atoms with E-state index in [1.807, 2.05) is 45.6 Å². The van der Waals surface area contributed by atoms with Crippen LogP contribution in [0.2, 0.25) is 0 Å². The Balaban J connectivity index is 1.59. The number of benzene rings is 1. The highest BCUT2D eigenvalue weighted by molar-refractivity contribution is 5.95. The van der Waals surface area contributed by atoms with Crippen LogP contribution in [-0.4, -0.2) is 46.0 Å². The number of hydrogen-bond acceptors (Lipinski definition) is 4. The molecule has 2 N–H and O–H groups in total. The van der Waals surface area contributed by atoms with Gasteiger partial charge in [0.2, 0.25) is 11.8 Å². The minimum absolute atomic E-state index is 0.0287. The van der Waals surface area contributed by atoms with Crippen LogP contribution in [0.25, 0.3) is 0 Å². The fourth-order valence-electron chi connectivity index (χ4n) is 6.69. The van der Waals surface area contributed by atoms with Crippen molar-refractivity contribution in [1.82, 2.24) is 15.5 Å². The summed E-state index contributed by atoms with van der Waals surface area (Å²) in [5.41, 5.74) is 0.717. The van der Waals surface area contributed by atoms with Crippen molar-refractivity contribution in [3.05, 3.63) is 35.4 Å². The Labute approximate surface area is 222 Å². The number of nitrogens with one attached hydrogen (secondary N) is 2. The lowest BCUT2D eigenvalue weighted by Gasteiger charge is -2.41. The molecule has 4 rings (SSSR count). The van der Waals surface area contributed by atoms with Crippen LogP contribution >= 0.6 is 0 Å². The van der Waals surface area contributed by atoms with Gasteiger partial charge in [0.05, 0.1) is 6.04 Å².